The van der Waals surface area contributed by atoms with E-state index in [0.29, 0.717) is 65.6 Å². The van der Waals surface area contributed by atoms with E-state index >= 15 is 4.39 Å². The van der Waals surface area contributed by atoms with E-state index in [4.69, 9.17) is 9.72 Å². The Kier molecular flexibility index (Phi) is 9.42. The average molecular weight is 688 g/mol. The van der Waals surface area contributed by atoms with Crippen LogP contribution in [-0.2, 0) is 4.79 Å². The van der Waals surface area contributed by atoms with Crippen LogP contribution in [0.2, 0.25) is 0 Å². The molecule has 4 aliphatic rings. The van der Waals surface area contributed by atoms with Gasteiger partial charge in [-0.25, -0.2) is 13.2 Å². The first-order chi connectivity index (χ1) is 24.1. The number of halogens is 3. The lowest BCUT2D eigenvalue weighted by Gasteiger charge is -2.31. The third-order valence-corrected chi connectivity index (χ3v) is 11.0. The van der Waals surface area contributed by atoms with Crippen LogP contribution in [0.4, 0.5) is 19.0 Å². The second-order valence-corrected chi connectivity index (χ2v) is 14.1. The predicted octanol–water partition coefficient (Wildman–Crippen LogP) is 5.93. The van der Waals surface area contributed by atoms with Crippen molar-refractivity contribution in [2.24, 2.45) is 0 Å². The third-order valence-electron chi connectivity index (χ3n) is 11.0. The van der Waals surface area contributed by atoms with Crippen molar-refractivity contribution in [3.05, 3.63) is 66.4 Å². The van der Waals surface area contributed by atoms with E-state index in [1.165, 1.54) is 31.7 Å². The molecule has 2 aromatic carbocycles. The molecular formula is C38H44F3N7O2. The molecule has 9 nitrogen and oxygen atoms in total. The number of aryl methyl sites for hydroxylation is 1. The molecule has 4 saturated heterocycles. The molecular weight excluding hydrogens is 643 g/mol. The molecule has 0 N–H and O–H groups in total. The van der Waals surface area contributed by atoms with Crippen LogP contribution in [0.25, 0.3) is 32.9 Å². The lowest BCUT2D eigenvalue weighted by molar-refractivity contribution is -0.125. The molecule has 4 aromatic rings. The highest BCUT2D eigenvalue weighted by molar-refractivity contribution is 6.00. The van der Waals surface area contributed by atoms with Gasteiger partial charge in [-0.2, -0.15) is 9.97 Å². The molecule has 4 aliphatic heterocycles. The van der Waals surface area contributed by atoms with Crippen LogP contribution in [-0.4, -0.2) is 113 Å². The van der Waals surface area contributed by atoms with Gasteiger partial charge in [0.15, 0.2) is 5.82 Å². The highest BCUT2D eigenvalue weighted by atomic mass is 19.1. The van der Waals surface area contributed by atoms with Crippen molar-refractivity contribution in [1.29, 1.82) is 0 Å². The Balaban J connectivity index is 0.000000722. The number of nitrogens with zero attached hydrogens (tertiary/aromatic N) is 7. The lowest BCUT2D eigenvalue weighted by atomic mass is 9.95. The van der Waals surface area contributed by atoms with Crippen molar-refractivity contribution >= 4 is 33.4 Å². The van der Waals surface area contributed by atoms with E-state index in [1.54, 1.807) is 42.3 Å². The second-order valence-electron chi connectivity index (χ2n) is 14.1. The Bertz CT molecular complexity index is 1940. The van der Waals surface area contributed by atoms with Crippen LogP contribution in [0.1, 0.15) is 37.7 Å². The van der Waals surface area contributed by atoms with Crippen LogP contribution in [0, 0.1) is 18.6 Å². The van der Waals surface area contributed by atoms with Crippen molar-refractivity contribution < 1.29 is 22.7 Å². The maximum Gasteiger partial charge on any atom is 0.319 e. The molecule has 0 radical (unpaired) electrons. The molecule has 0 spiro atoms. The Morgan fingerprint density at radius 3 is 2.62 bits per heavy atom. The van der Waals surface area contributed by atoms with Gasteiger partial charge in [0.25, 0.3) is 0 Å². The van der Waals surface area contributed by atoms with E-state index in [1.807, 2.05) is 11.9 Å². The number of likely N-dealkylation sites (N-methyl/N-ethyl adjacent to an activating group) is 1. The van der Waals surface area contributed by atoms with Crippen molar-refractivity contribution in [3.8, 4) is 17.3 Å². The molecule has 12 heteroatoms. The zero-order valence-electron chi connectivity index (χ0n) is 29.0. The number of hydrogen-bond acceptors (Lipinski definition) is 8. The molecule has 0 aliphatic carbocycles. The molecule has 4 fully saturated rings. The van der Waals surface area contributed by atoms with Crippen LogP contribution in [0.3, 0.4) is 0 Å². The topological polar surface area (TPSA) is 77.9 Å². The zero-order chi connectivity index (χ0) is 35.2. The SMILES string of the molecule is C=CC(=O)N1CC[C@@H](N(C)c2nc(OC[C@@]34CCCN3C[C@H](F)C4)nc3c(F)c(-c4cccc5c(C)c(F)ccc45)ncc23)C1.CN1CCC1. The van der Waals surface area contributed by atoms with Gasteiger partial charge in [-0.15, -0.1) is 0 Å². The standard InChI is InChI=1S/C34H35F3N6O2.C4H9N/c1-4-28(44)42-14-11-22(18-42)41(3)32-26-16-38-30(25-8-5-7-23-20(2)27(36)10-9-24(23)25)29(37)31(26)39-33(40-32)45-19-34-12-6-13-43(34)17-21(35)15-34;1-5-3-2-4-5/h4-5,7-10,16,21-22H,1,6,11-15,17-19H2,2-3H3;2-4H2,1H3/t21-,22-,34+;/m1./s1. The van der Waals surface area contributed by atoms with Crippen molar-refractivity contribution in [3.63, 3.8) is 0 Å². The number of likely N-dealkylation sites (tertiary alicyclic amines) is 2. The number of amides is 1. The molecule has 0 unspecified atom stereocenters. The zero-order valence-corrected chi connectivity index (χ0v) is 29.0. The summed E-state index contributed by atoms with van der Waals surface area (Å²) in [6, 6.07) is 8.23. The second kappa shape index (κ2) is 13.8. The summed E-state index contributed by atoms with van der Waals surface area (Å²) in [4.78, 5) is 34.2. The number of benzene rings is 2. The number of carbonyl (C=O) groups is 1. The number of carbonyl (C=O) groups excluding carboxylic acids is 1. The van der Waals surface area contributed by atoms with Crippen molar-refractivity contribution in [1.82, 2.24) is 29.7 Å². The summed E-state index contributed by atoms with van der Waals surface area (Å²) in [7, 11) is 4.00. The van der Waals surface area contributed by atoms with E-state index in [2.05, 4.69) is 33.4 Å². The molecule has 1 amide bonds. The molecule has 0 bridgehead atoms. The minimum Gasteiger partial charge on any atom is -0.461 e. The number of fused-ring (bicyclic) bond motifs is 3. The summed E-state index contributed by atoms with van der Waals surface area (Å²) in [5.41, 5.74) is 0.674. The smallest absolute Gasteiger partial charge is 0.319 e. The Hall–Kier alpha value is -4.29. The minimum atomic E-state index is -0.916. The quantitative estimate of drug-likeness (QED) is 0.222. The van der Waals surface area contributed by atoms with Crippen molar-refractivity contribution in [2.75, 3.05) is 64.9 Å². The van der Waals surface area contributed by atoms with E-state index in [0.717, 1.165) is 19.4 Å². The highest BCUT2D eigenvalue weighted by Crippen LogP contribution is 2.41. The number of anilines is 1. The number of aromatic nitrogens is 3. The summed E-state index contributed by atoms with van der Waals surface area (Å²) in [6.45, 7) is 10.3. The van der Waals surface area contributed by atoms with Gasteiger partial charge in [0.05, 0.1) is 10.9 Å². The first-order valence-electron chi connectivity index (χ1n) is 17.5. The van der Waals surface area contributed by atoms with E-state index in [9.17, 15) is 13.6 Å². The summed E-state index contributed by atoms with van der Waals surface area (Å²) in [6.07, 6.45) is 6.20. The van der Waals surface area contributed by atoms with Crippen molar-refractivity contribution in [2.45, 2.75) is 56.8 Å². The monoisotopic (exact) mass is 687 g/mol. The highest BCUT2D eigenvalue weighted by Gasteiger charge is 2.49. The van der Waals surface area contributed by atoms with Gasteiger partial charge in [0.1, 0.15) is 35.6 Å². The summed E-state index contributed by atoms with van der Waals surface area (Å²) < 4.78 is 51.7. The molecule has 6 heterocycles. The van der Waals surface area contributed by atoms with Gasteiger partial charge >= 0.3 is 6.01 Å². The number of rotatable bonds is 7. The van der Waals surface area contributed by atoms with Gasteiger partial charge < -0.3 is 19.4 Å². The van der Waals surface area contributed by atoms with Gasteiger partial charge in [-0.05, 0) is 87.8 Å². The van der Waals surface area contributed by atoms with Gasteiger partial charge in [-0.3, -0.25) is 14.7 Å². The fourth-order valence-electron chi connectivity index (χ4n) is 7.91. The molecule has 8 rings (SSSR count). The van der Waals surface area contributed by atoms with Gasteiger partial charge in [0.2, 0.25) is 5.91 Å². The molecule has 50 heavy (non-hydrogen) atoms. The van der Waals surface area contributed by atoms with Crippen LogP contribution >= 0.6 is 0 Å². The molecule has 264 valence electrons. The first-order valence-corrected chi connectivity index (χ1v) is 17.5. The lowest BCUT2D eigenvalue weighted by Crippen LogP contribution is -2.43. The Morgan fingerprint density at radius 1 is 1.08 bits per heavy atom. The summed E-state index contributed by atoms with van der Waals surface area (Å²) in [5, 5.41) is 1.74. The first kappa shape index (κ1) is 34.2. The minimum absolute atomic E-state index is 0.00297. The maximum absolute atomic E-state index is 16.7. The van der Waals surface area contributed by atoms with E-state index < -0.39 is 17.5 Å². The third kappa shape index (κ3) is 6.28. The normalized spacial score (nSPS) is 23.4. The average Bonchev–Trinajstić information content (AvgIpc) is 3.82. The van der Waals surface area contributed by atoms with E-state index in [-0.39, 0.29) is 41.6 Å². The Morgan fingerprint density at radius 2 is 1.88 bits per heavy atom. The molecule has 0 saturated carbocycles. The van der Waals surface area contributed by atoms with Gasteiger partial charge in [0, 0.05) is 50.9 Å². The van der Waals surface area contributed by atoms with Crippen LogP contribution in [0.15, 0.2) is 49.2 Å². The fraction of sp³-hybridized carbons (Fsp3) is 0.474. The fourth-order valence-corrected chi connectivity index (χ4v) is 7.91. The predicted molar refractivity (Wildman–Crippen MR) is 189 cm³/mol. The van der Waals surface area contributed by atoms with Crippen LogP contribution in [0.5, 0.6) is 6.01 Å². The molecule has 3 atom stereocenters. The number of pyridine rings is 1. The summed E-state index contributed by atoms with van der Waals surface area (Å²) >= 11 is 0. The largest absolute Gasteiger partial charge is 0.461 e. The number of hydrogen-bond donors (Lipinski definition) is 0. The number of ether oxygens (including phenoxy) is 1. The van der Waals surface area contributed by atoms with Crippen LogP contribution < -0.4 is 9.64 Å². The Labute approximate surface area is 290 Å². The summed E-state index contributed by atoms with van der Waals surface area (Å²) in [5.74, 6) is -0.704. The molecule has 2 aromatic heterocycles. The number of alkyl halides is 1. The maximum atomic E-state index is 16.7. The van der Waals surface area contributed by atoms with Gasteiger partial charge in [-0.1, -0.05) is 30.8 Å².